The van der Waals surface area contributed by atoms with Crippen LogP contribution in [0.1, 0.15) is 12.8 Å². The lowest BCUT2D eigenvalue weighted by Gasteiger charge is -2.14. The van der Waals surface area contributed by atoms with Crippen molar-refractivity contribution < 1.29 is 24.6 Å². The second-order valence-electron chi connectivity index (χ2n) is 3.17. The molecule has 0 aromatic carbocycles. The first-order valence-corrected chi connectivity index (χ1v) is 4.25. The molecule has 78 valence electrons. The van der Waals surface area contributed by atoms with Gasteiger partial charge in [-0.2, -0.15) is 0 Å². The zero-order chi connectivity index (χ0) is 10.7. The number of ketones is 1. The molecule has 0 saturated carbocycles. The highest BCUT2D eigenvalue weighted by Gasteiger charge is 2.30. The molecular formula is C8H11NO5. The minimum absolute atomic E-state index is 0.0106. The summed E-state index contributed by atoms with van der Waals surface area (Å²) in [5, 5.41) is 17.3. The number of carboxylic acid groups (broad SMARTS) is 2. The lowest BCUT2D eigenvalue weighted by Crippen LogP contribution is -2.30. The molecule has 2 N–H and O–H groups in total. The third kappa shape index (κ3) is 2.21. The summed E-state index contributed by atoms with van der Waals surface area (Å²) in [6.07, 6.45) is -1.05. The van der Waals surface area contributed by atoms with Gasteiger partial charge in [0, 0.05) is 19.5 Å². The van der Waals surface area contributed by atoms with Gasteiger partial charge in [0.1, 0.15) is 11.7 Å². The van der Waals surface area contributed by atoms with E-state index in [0.717, 1.165) is 4.90 Å². The quantitative estimate of drug-likeness (QED) is 0.583. The number of nitrogens with zero attached hydrogens (tertiary/aromatic N) is 1. The Balaban J connectivity index is 2.67. The van der Waals surface area contributed by atoms with E-state index in [1.807, 2.05) is 0 Å². The van der Waals surface area contributed by atoms with Crippen molar-refractivity contribution in [1.82, 2.24) is 4.90 Å². The van der Waals surface area contributed by atoms with Crippen LogP contribution in [0.3, 0.4) is 0 Å². The Morgan fingerprint density at radius 3 is 2.43 bits per heavy atom. The van der Waals surface area contributed by atoms with Crippen LogP contribution < -0.4 is 0 Å². The molecule has 0 aromatic heterocycles. The van der Waals surface area contributed by atoms with Gasteiger partial charge in [0.25, 0.3) is 0 Å². The Hall–Kier alpha value is -1.59. The minimum Gasteiger partial charge on any atom is -0.481 e. The van der Waals surface area contributed by atoms with Crippen molar-refractivity contribution in [2.24, 2.45) is 5.92 Å². The first-order chi connectivity index (χ1) is 6.52. The average molecular weight is 201 g/mol. The lowest BCUT2D eigenvalue weighted by molar-refractivity contribution is -0.146. The van der Waals surface area contributed by atoms with Gasteiger partial charge in [-0.05, 0) is 6.42 Å². The first kappa shape index (κ1) is 10.5. The molecule has 1 heterocycles. The van der Waals surface area contributed by atoms with Gasteiger partial charge in [-0.25, -0.2) is 4.79 Å². The van der Waals surface area contributed by atoms with Crippen molar-refractivity contribution in [3.05, 3.63) is 0 Å². The summed E-state index contributed by atoms with van der Waals surface area (Å²) in [6.45, 7) is 0.204. The highest BCUT2D eigenvalue weighted by molar-refractivity contribution is 5.98. The first-order valence-electron chi connectivity index (χ1n) is 4.25. The number of amides is 1. The smallest absolute Gasteiger partial charge is 0.407 e. The number of hydrogen-bond acceptors (Lipinski definition) is 3. The average Bonchev–Trinajstić information content (AvgIpc) is 2.26. The standard InChI is InChI=1S/C8H11NO5/c10-6-2-4-9(8(13)14)3-1-5(6)7(11)12/h5H,1-4H2,(H,11,12)(H,13,14). The third-order valence-electron chi connectivity index (χ3n) is 2.27. The molecule has 14 heavy (non-hydrogen) atoms. The molecule has 0 aliphatic carbocycles. The highest BCUT2D eigenvalue weighted by atomic mass is 16.4. The van der Waals surface area contributed by atoms with Crippen LogP contribution in [-0.4, -0.2) is 46.0 Å². The maximum Gasteiger partial charge on any atom is 0.407 e. The molecule has 1 amide bonds. The second-order valence-corrected chi connectivity index (χ2v) is 3.17. The second kappa shape index (κ2) is 4.08. The molecule has 1 aliphatic rings. The van der Waals surface area contributed by atoms with Crippen LogP contribution in [0.5, 0.6) is 0 Å². The molecule has 1 atom stereocenters. The number of Topliss-reactive ketones (excluding diaryl/α,β-unsaturated/α-hetero) is 1. The SMILES string of the molecule is O=C(O)C1CCN(C(=O)O)CCC1=O. The molecule has 0 aromatic rings. The van der Waals surface area contributed by atoms with E-state index in [1.54, 1.807) is 0 Å². The van der Waals surface area contributed by atoms with E-state index < -0.39 is 18.0 Å². The summed E-state index contributed by atoms with van der Waals surface area (Å²) in [7, 11) is 0. The number of rotatable bonds is 1. The van der Waals surface area contributed by atoms with Gasteiger partial charge >= 0.3 is 12.1 Å². The fraction of sp³-hybridized carbons (Fsp3) is 0.625. The highest BCUT2D eigenvalue weighted by Crippen LogP contribution is 2.14. The molecule has 1 aliphatic heterocycles. The lowest BCUT2D eigenvalue weighted by atomic mass is 10.00. The Morgan fingerprint density at radius 2 is 1.93 bits per heavy atom. The minimum atomic E-state index is -1.16. The topological polar surface area (TPSA) is 94.9 Å². The van der Waals surface area contributed by atoms with Crippen LogP contribution in [0.15, 0.2) is 0 Å². The maximum absolute atomic E-state index is 11.2. The van der Waals surface area contributed by atoms with E-state index in [4.69, 9.17) is 10.2 Å². The van der Waals surface area contributed by atoms with Gasteiger partial charge in [-0.15, -0.1) is 0 Å². The van der Waals surface area contributed by atoms with E-state index in [2.05, 4.69) is 0 Å². The normalized spacial score (nSPS) is 23.0. The molecule has 6 heteroatoms. The monoisotopic (exact) mass is 201 g/mol. The predicted octanol–water partition coefficient (Wildman–Crippen LogP) is 0.0301. The van der Waals surface area contributed by atoms with Gasteiger partial charge in [-0.3, -0.25) is 9.59 Å². The zero-order valence-corrected chi connectivity index (χ0v) is 7.47. The van der Waals surface area contributed by atoms with Crippen LogP contribution in [0, 0.1) is 5.92 Å². The predicted molar refractivity (Wildman–Crippen MR) is 45.0 cm³/mol. The summed E-state index contributed by atoms with van der Waals surface area (Å²) >= 11 is 0. The number of hydrogen-bond donors (Lipinski definition) is 2. The molecule has 0 radical (unpaired) electrons. The van der Waals surface area contributed by atoms with Crippen LogP contribution >= 0.6 is 0 Å². The largest absolute Gasteiger partial charge is 0.481 e. The molecule has 1 fully saturated rings. The van der Waals surface area contributed by atoms with E-state index in [0.29, 0.717) is 0 Å². The van der Waals surface area contributed by atoms with Crippen LogP contribution in [0.25, 0.3) is 0 Å². The molecule has 0 spiro atoms. The maximum atomic E-state index is 11.2. The van der Waals surface area contributed by atoms with Crippen molar-refractivity contribution >= 4 is 17.8 Å². The van der Waals surface area contributed by atoms with Crippen molar-refractivity contribution in [3.63, 3.8) is 0 Å². The third-order valence-corrected chi connectivity index (χ3v) is 2.27. The Kier molecular flexibility index (Phi) is 3.06. The van der Waals surface area contributed by atoms with E-state index in [-0.39, 0.29) is 31.7 Å². The van der Waals surface area contributed by atoms with Gasteiger partial charge in [-0.1, -0.05) is 0 Å². The molecule has 1 unspecified atom stereocenters. The Morgan fingerprint density at radius 1 is 1.29 bits per heavy atom. The fourth-order valence-electron chi connectivity index (χ4n) is 1.43. The van der Waals surface area contributed by atoms with Crippen molar-refractivity contribution in [2.45, 2.75) is 12.8 Å². The summed E-state index contributed by atoms with van der Waals surface area (Å²) < 4.78 is 0. The van der Waals surface area contributed by atoms with Gasteiger partial charge in [0.05, 0.1) is 0 Å². The summed E-state index contributed by atoms with van der Waals surface area (Å²) in [6, 6.07) is 0. The number of carbonyl (C=O) groups excluding carboxylic acids is 1. The summed E-state index contributed by atoms with van der Waals surface area (Å²) in [5.41, 5.74) is 0. The summed E-state index contributed by atoms with van der Waals surface area (Å²) in [4.78, 5) is 33.5. The van der Waals surface area contributed by atoms with Gasteiger partial charge in [0.2, 0.25) is 0 Å². The molecule has 0 bridgehead atoms. The summed E-state index contributed by atoms with van der Waals surface area (Å²) in [5.74, 6) is -2.59. The van der Waals surface area contributed by atoms with Crippen molar-refractivity contribution in [3.8, 4) is 0 Å². The van der Waals surface area contributed by atoms with E-state index in [9.17, 15) is 14.4 Å². The molecule has 1 rings (SSSR count). The molecule has 6 nitrogen and oxygen atoms in total. The van der Waals surface area contributed by atoms with Crippen LogP contribution in [-0.2, 0) is 9.59 Å². The zero-order valence-electron chi connectivity index (χ0n) is 7.47. The van der Waals surface area contributed by atoms with Gasteiger partial charge in [0.15, 0.2) is 0 Å². The number of carboxylic acids is 1. The van der Waals surface area contributed by atoms with Crippen molar-refractivity contribution in [1.29, 1.82) is 0 Å². The van der Waals surface area contributed by atoms with Crippen molar-refractivity contribution in [2.75, 3.05) is 13.1 Å². The fourth-order valence-corrected chi connectivity index (χ4v) is 1.43. The van der Waals surface area contributed by atoms with Gasteiger partial charge < -0.3 is 15.1 Å². The number of aliphatic carboxylic acids is 1. The molecular weight excluding hydrogens is 190 g/mol. The van der Waals surface area contributed by atoms with Crippen LogP contribution in [0.2, 0.25) is 0 Å². The Labute approximate surface area is 80.1 Å². The van der Waals surface area contributed by atoms with Crippen LogP contribution in [0.4, 0.5) is 4.79 Å². The van der Waals surface area contributed by atoms with E-state index >= 15 is 0 Å². The molecule has 1 saturated heterocycles. The Bertz CT molecular complexity index is 275. The number of likely N-dealkylation sites (tertiary alicyclic amines) is 1. The van der Waals surface area contributed by atoms with E-state index in [1.165, 1.54) is 0 Å². The number of carbonyl (C=O) groups is 3.